The van der Waals surface area contributed by atoms with E-state index in [-0.39, 0.29) is 18.3 Å². The molecule has 0 aliphatic heterocycles. The SMILES string of the molecule is COc1ccccc1-c1cc(C(=O)NCc2nc(-c3cc(C)on3)no2)[nH]n1. The monoisotopic (exact) mass is 380 g/mol. The van der Waals surface area contributed by atoms with Crippen LogP contribution in [-0.2, 0) is 6.54 Å². The summed E-state index contributed by atoms with van der Waals surface area (Å²) in [4.78, 5) is 16.5. The molecule has 1 amide bonds. The van der Waals surface area contributed by atoms with Gasteiger partial charge in [0.2, 0.25) is 11.7 Å². The van der Waals surface area contributed by atoms with Crippen LogP contribution in [0.1, 0.15) is 22.1 Å². The molecule has 4 aromatic rings. The Morgan fingerprint density at radius 2 is 2.04 bits per heavy atom. The van der Waals surface area contributed by atoms with Gasteiger partial charge in [0, 0.05) is 11.6 Å². The van der Waals surface area contributed by atoms with Gasteiger partial charge in [0.1, 0.15) is 17.2 Å². The summed E-state index contributed by atoms with van der Waals surface area (Å²) in [5.74, 6) is 1.49. The van der Waals surface area contributed by atoms with Gasteiger partial charge in [-0.3, -0.25) is 9.89 Å². The molecule has 0 radical (unpaired) electrons. The first-order chi connectivity index (χ1) is 13.6. The number of nitrogens with one attached hydrogen (secondary N) is 2. The summed E-state index contributed by atoms with van der Waals surface area (Å²) < 4.78 is 15.4. The molecule has 0 aliphatic carbocycles. The Bertz CT molecular complexity index is 1110. The van der Waals surface area contributed by atoms with Crippen LogP contribution in [0, 0.1) is 6.92 Å². The number of methoxy groups -OCH3 is 1. The van der Waals surface area contributed by atoms with Crippen LogP contribution < -0.4 is 10.1 Å². The molecule has 142 valence electrons. The van der Waals surface area contributed by atoms with Gasteiger partial charge >= 0.3 is 0 Å². The fourth-order valence-corrected chi connectivity index (χ4v) is 2.59. The quantitative estimate of drug-likeness (QED) is 0.521. The van der Waals surface area contributed by atoms with E-state index >= 15 is 0 Å². The maximum Gasteiger partial charge on any atom is 0.269 e. The summed E-state index contributed by atoms with van der Waals surface area (Å²) in [6, 6.07) is 10.8. The standard InChI is InChI=1S/C18H16N6O4/c1-10-7-13(23-27-10)17-20-16(28-24-17)9-19-18(25)14-8-12(21-22-14)11-5-3-4-6-15(11)26-2/h3-8H,9H2,1-2H3,(H,19,25)(H,21,22). The first kappa shape index (κ1) is 17.5. The third-order valence-corrected chi connectivity index (χ3v) is 3.93. The highest BCUT2D eigenvalue weighted by molar-refractivity contribution is 5.93. The molecule has 1 aromatic carbocycles. The minimum Gasteiger partial charge on any atom is -0.496 e. The highest BCUT2D eigenvalue weighted by Crippen LogP contribution is 2.28. The molecule has 0 aliphatic rings. The number of aromatic amines is 1. The van der Waals surface area contributed by atoms with Crippen molar-refractivity contribution in [1.29, 1.82) is 0 Å². The van der Waals surface area contributed by atoms with Crippen molar-refractivity contribution in [2.75, 3.05) is 7.11 Å². The molecule has 0 saturated carbocycles. The van der Waals surface area contributed by atoms with Crippen molar-refractivity contribution in [3.05, 3.63) is 53.7 Å². The second kappa shape index (κ2) is 7.35. The zero-order valence-corrected chi connectivity index (χ0v) is 15.1. The molecular weight excluding hydrogens is 364 g/mol. The number of amides is 1. The summed E-state index contributed by atoms with van der Waals surface area (Å²) in [5, 5.41) is 17.2. The molecule has 10 heteroatoms. The van der Waals surface area contributed by atoms with Crippen LogP contribution >= 0.6 is 0 Å². The number of H-pyrrole nitrogens is 1. The van der Waals surface area contributed by atoms with Crippen molar-refractivity contribution in [2.45, 2.75) is 13.5 Å². The number of aryl methyl sites for hydroxylation is 1. The molecule has 10 nitrogen and oxygen atoms in total. The lowest BCUT2D eigenvalue weighted by molar-refractivity contribution is 0.0941. The van der Waals surface area contributed by atoms with E-state index in [1.165, 1.54) is 0 Å². The summed E-state index contributed by atoms with van der Waals surface area (Å²) in [5.41, 5.74) is 2.15. The van der Waals surface area contributed by atoms with E-state index in [0.29, 0.717) is 34.4 Å². The minimum atomic E-state index is -0.356. The number of hydrogen-bond acceptors (Lipinski definition) is 8. The number of benzene rings is 1. The van der Waals surface area contributed by atoms with E-state index in [2.05, 4.69) is 30.8 Å². The van der Waals surface area contributed by atoms with Gasteiger partial charge in [-0.15, -0.1) is 0 Å². The maximum atomic E-state index is 12.4. The van der Waals surface area contributed by atoms with Crippen molar-refractivity contribution < 1.29 is 18.6 Å². The predicted molar refractivity (Wildman–Crippen MR) is 96.3 cm³/mol. The first-order valence-electron chi connectivity index (χ1n) is 8.37. The number of carbonyl (C=O) groups is 1. The highest BCUT2D eigenvalue weighted by atomic mass is 16.5. The summed E-state index contributed by atoms with van der Waals surface area (Å²) in [6.45, 7) is 1.83. The highest BCUT2D eigenvalue weighted by Gasteiger charge is 2.16. The predicted octanol–water partition coefficient (Wildman–Crippen LogP) is 2.36. The second-order valence-corrected chi connectivity index (χ2v) is 5.88. The Labute approximate surface area is 158 Å². The smallest absolute Gasteiger partial charge is 0.269 e. The van der Waals surface area contributed by atoms with Gasteiger partial charge in [-0.1, -0.05) is 22.4 Å². The fraction of sp³-hybridized carbons (Fsp3) is 0.167. The average Bonchev–Trinajstić information content (AvgIpc) is 3.46. The molecule has 3 aromatic heterocycles. The largest absolute Gasteiger partial charge is 0.496 e. The molecule has 0 saturated heterocycles. The lowest BCUT2D eigenvalue weighted by Gasteiger charge is -2.04. The molecule has 0 fully saturated rings. The van der Waals surface area contributed by atoms with E-state index in [1.54, 1.807) is 26.2 Å². The first-order valence-corrected chi connectivity index (χ1v) is 8.37. The van der Waals surface area contributed by atoms with Crippen molar-refractivity contribution in [3.8, 4) is 28.5 Å². The van der Waals surface area contributed by atoms with Crippen LogP contribution in [0.15, 0.2) is 45.4 Å². The molecule has 0 atom stereocenters. The summed E-state index contributed by atoms with van der Waals surface area (Å²) in [6.07, 6.45) is 0. The van der Waals surface area contributed by atoms with Gasteiger partial charge in [-0.25, -0.2) is 0 Å². The fourth-order valence-electron chi connectivity index (χ4n) is 2.59. The Kier molecular flexibility index (Phi) is 4.58. The Morgan fingerprint density at radius 1 is 1.18 bits per heavy atom. The van der Waals surface area contributed by atoms with Crippen molar-refractivity contribution >= 4 is 5.91 Å². The van der Waals surface area contributed by atoms with Crippen LogP contribution in [0.4, 0.5) is 0 Å². The van der Waals surface area contributed by atoms with Gasteiger partial charge in [-0.05, 0) is 25.1 Å². The summed E-state index contributed by atoms with van der Waals surface area (Å²) >= 11 is 0. The number of hydrogen-bond donors (Lipinski definition) is 2. The van der Waals surface area contributed by atoms with Gasteiger partial charge in [0.05, 0.1) is 19.3 Å². The van der Waals surface area contributed by atoms with Crippen molar-refractivity contribution in [3.63, 3.8) is 0 Å². The second-order valence-electron chi connectivity index (χ2n) is 5.88. The Morgan fingerprint density at radius 3 is 2.82 bits per heavy atom. The zero-order valence-electron chi connectivity index (χ0n) is 15.1. The van der Waals surface area contributed by atoms with Crippen LogP contribution in [-0.4, -0.2) is 38.5 Å². The topological polar surface area (TPSA) is 132 Å². The molecule has 28 heavy (non-hydrogen) atoms. The Balaban J connectivity index is 1.42. The number of rotatable bonds is 6. The van der Waals surface area contributed by atoms with Crippen LogP contribution in [0.5, 0.6) is 5.75 Å². The minimum absolute atomic E-state index is 0.0612. The van der Waals surface area contributed by atoms with Crippen molar-refractivity contribution in [2.24, 2.45) is 0 Å². The lowest BCUT2D eigenvalue weighted by Crippen LogP contribution is -2.23. The number of para-hydroxylation sites is 1. The molecular formula is C18H16N6O4. The molecule has 0 bridgehead atoms. The number of carbonyl (C=O) groups excluding carboxylic acids is 1. The van der Waals surface area contributed by atoms with E-state index < -0.39 is 0 Å². The van der Waals surface area contributed by atoms with Gasteiger partial charge in [0.25, 0.3) is 5.91 Å². The van der Waals surface area contributed by atoms with Crippen LogP contribution in [0.3, 0.4) is 0 Å². The van der Waals surface area contributed by atoms with Gasteiger partial charge in [-0.2, -0.15) is 10.1 Å². The van der Waals surface area contributed by atoms with E-state index in [4.69, 9.17) is 13.8 Å². The van der Waals surface area contributed by atoms with Crippen LogP contribution in [0.2, 0.25) is 0 Å². The normalized spacial score (nSPS) is 10.8. The molecule has 3 heterocycles. The zero-order chi connectivity index (χ0) is 19.5. The van der Waals surface area contributed by atoms with E-state index in [9.17, 15) is 4.79 Å². The number of ether oxygens (including phenoxy) is 1. The van der Waals surface area contributed by atoms with Crippen LogP contribution in [0.25, 0.3) is 22.8 Å². The van der Waals surface area contributed by atoms with Gasteiger partial charge in [0.15, 0.2) is 5.69 Å². The molecule has 4 rings (SSSR count). The van der Waals surface area contributed by atoms with E-state index in [0.717, 1.165) is 5.56 Å². The average molecular weight is 380 g/mol. The molecule has 0 unspecified atom stereocenters. The lowest BCUT2D eigenvalue weighted by atomic mass is 10.1. The molecule has 2 N–H and O–H groups in total. The van der Waals surface area contributed by atoms with E-state index in [1.807, 2.05) is 24.3 Å². The third kappa shape index (κ3) is 3.47. The summed E-state index contributed by atoms with van der Waals surface area (Å²) in [7, 11) is 1.58. The van der Waals surface area contributed by atoms with Gasteiger partial charge < -0.3 is 19.1 Å². The molecule has 0 spiro atoms. The van der Waals surface area contributed by atoms with Crippen molar-refractivity contribution in [1.82, 2.24) is 30.8 Å². The Hall–Kier alpha value is -3.95. The maximum absolute atomic E-state index is 12.4. The third-order valence-electron chi connectivity index (χ3n) is 3.93. The number of nitrogens with zero attached hydrogens (tertiary/aromatic N) is 4. The number of aromatic nitrogens is 5.